The van der Waals surface area contributed by atoms with E-state index in [-0.39, 0.29) is 14.9 Å². The fraction of sp³-hybridized carbons (Fsp3) is 0. The zero-order valence-electron chi connectivity index (χ0n) is 10.5. The normalized spacial score (nSPS) is 11.2. The first kappa shape index (κ1) is 15.6. The molecule has 0 aliphatic carbocycles. The minimum absolute atomic E-state index is 0.0914. The maximum absolute atomic E-state index is 13.0. The number of amides is 1. The van der Waals surface area contributed by atoms with Crippen LogP contribution in [0.25, 0.3) is 0 Å². The maximum Gasteiger partial charge on any atom is 0.255 e. The summed E-state index contributed by atoms with van der Waals surface area (Å²) >= 11 is 3.07. The summed E-state index contributed by atoms with van der Waals surface area (Å²) in [6.07, 6.45) is 0. The quantitative estimate of drug-likeness (QED) is 0.866. The van der Waals surface area contributed by atoms with Gasteiger partial charge in [-0.3, -0.25) is 4.79 Å². The summed E-state index contributed by atoms with van der Waals surface area (Å²) in [6.45, 7) is 0. The van der Waals surface area contributed by atoms with Crippen molar-refractivity contribution < 1.29 is 17.6 Å². The molecular weight excluding hydrogens is 363 g/mol. The van der Waals surface area contributed by atoms with E-state index < -0.39 is 21.7 Å². The average molecular weight is 373 g/mol. The zero-order valence-corrected chi connectivity index (χ0v) is 12.9. The highest BCUT2D eigenvalue weighted by molar-refractivity contribution is 9.10. The van der Waals surface area contributed by atoms with E-state index in [4.69, 9.17) is 5.14 Å². The molecule has 0 saturated carbocycles. The lowest BCUT2D eigenvalue weighted by molar-refractivity contribution is 0.102. The molecule has 0 fully saturated rings. The first-order chi connectivity index (χ1) is 9.77. The standard InChI is InChI=1S/C13H10BrFN2O3S/c14-11-7-10(4-5-12(11)21(16,19)20)17-13(18)8-2-1-3-9(15)6-8/h1-7H,(H,17,18)(H2,16,19,20). The van der Waals surface area contributed by atoms with Gasteiger partial charge in [-0.05, 0) is 52.3 Å². The zero-order chi connectivity index (χ0) is 15.6. The van der Waals surface area contributed by atoms with Crippen LogP contribution >= 0.6 is 15.9 Å². The van der Waals surface area contributed by atoms with Gasteiger partial charge in [0, 0.05) is 15.7 Å². The van der Waals surface area contributed by atoms with Gasteiger partial charge >= 0.3 is 0 Å². The molecule has 0 aliphatic rings. The molecule has 0 spiro atoms. The second kappa shape index (κ2) is 5.92. The van der Waals surface area contributed by atoms with Crippen molar-refractivity contribution >= 4 is 37.5 Å². The molecule has 2 rings (SSSR count). The predicted molar refractivity (Wildman–Crippen MR) is 79.9 cm³/mol. The summed E-state index contributed by atoms with van der Waals surface area (Å²) in [4.78, 5) is 11.8. The van der Waals surface area contributed by atoms with Crippen molar-refractivity contribution in [3.05, 3.63) is 58.3 Å². The van der Waals surface area contributed by atoms with Gasteiger partial charge in [-0.15, -0.1) is 0 Å². The van der Waals surface area contributed by atoms with Crippen LogP contribution in [0.1, 0.15) is 10.4 Å². The van der Waals surface area contributed by atoms with Gasteiger partial charge in [0.25, 0.3) is 5.91 Å². The lowest BCUT2D eigenvalue weighted by atomic mass is 10.2. The summed E-state index contributed by atoms with van der Waals surface area (Å²) in [5, 5.41) is 7.56. The monoisotopic (exact) mass is 372 g/mol. The van der Waals surface area contributed by atoms with Crippen LogP contribution in [-0.2, 0) is 10.0 Å². The second-order valence-electron chi connectivity index (χ2n) is 4.15. The van der Waals surface area contributed by atoms with Gasteiger partial charge in [-0.1, -0.05) is 6.07 Å². The number of hydrogen-bond acceptors (Lipinski definition) is 3. The van der Waals surface area contributed by atoms with Gasteiger partial charge in [-0.2, -0.15) is 0 Å². The highest BCUT2D eigenvalue weighted by atomic mass is 79.9. The van der Waals surface area contributed by atoms with Crippen LogP contribution in [-0.4, -0.2) is 14.3 Å². The fourth-order valence-corrected chi connectivity index (χ4v) is 3.29. The van der Waals surface area contributed by atoms with Crippen LogP contribution in [0.4, 0.5) is 10.1 Å². The van der Waals surface area contributed by atoms with Gasteiger partial charge in [0.15, 0.2) is 0 Å². The molecule has 3 N–H and O–H groups in total. The van der Waals surface area contributed by atoms with E-state index in [2.05, 4.69) is 21.2 Å². The van der Waals surface area contributed by atoms with Crippen molar-refractivity contribution in [1.29, 1.82) is 0 Å². The summed E-state index contributed by atoms with van der Waals surface area (Å²) in [7, 11) is -3.85. The molecule has 0 heterocycles. The third-order valence-electron chi connectivity index (χ3n) is 2.58. The van der Waals surface area contributed by atoms with E-state index in [9.17, 15) is 17.6 Å². The largest absolute Gasteiger partial charge is 0.322 e. The summed E-state index contributed by atoms with van der Waals surface area (Å²) < 4.78 is 35.8. The Morgan fingerprint density at radius 1 is 1.19 bits per heavy atom. The van der Waals surface area contributed by atoms with Crippen LogP contribution in [0.15, 0.2) is 51.8 Å². The van der Waals surface area contributed by atoms with Crippen LogP contribution in [0.2, 0.25) is 0 Å². The van der Waals surface area contributed by atoms with Crippen molar-refractivity contribution in [2.75, 3.05) is 5.32 Å². The third kappa shape index (κ3) is 3.87. The molecule has 0 atom stereocenters. The number of sulfonamides is 1. The van der Waals surface area contributed by atoms with E-state index in [1.54, 1.807) is 0 Å². The Balaban J connectivity index is 2.25. The maximum atomic E-state index is 13.0. The van der Waals surface area contributed by atoms with Gasteiger partial charge in [0.05, 0.1) is 4.90 Å². The minimum atomic E-state index is -3.85. The number of rotatable bonds is 3. The first-order valence-electron chi connectivity index (χ1n) is 5.66. The van der Waals surface area contributed by atoms with Crippen molar-refractivity contribution in [3.63, 3.8) is 0 Å². The van der Waals surface area contributed by atoms with Crippen LogP contribution in [0.3, 0.4) is 0 Å². The summed E-state index contributed by atoms with van der Waals surface area (Å²) in [5.74, 6) is -1.03. The summed E-state index contributed by atoms with van der Waals surface area (Å²) in [6, 6.07) is 9.27. The third-order valence-corrected chi connectivity index (χ3v) is 4.47. The Labute approximate surface area is 129 Å². The Kier molecular flexibility index (Phi) is 4.40. The Bertz CT molecular complexity index is 809. The van der Waals surface area contributed by atoms with Gasteiger partial charge in [0.1, 0.15) is 5.82 Å². The SMILES string of the molecule is NS(=O)(=O)c1ccc(NC(=O)c2cccc(F)c2)cc1Br. The van der Waals surface area contributed by atoms with E-state index in [1.807, 2.05) is 0 Å². The smallest absolute Gasteiger partial charge is 0.255 e. The second-order valence-corrected chi connectivity index (χ2v) is 6.54. The Morgan fingerprint density at radius 2 is 1.90 bits per heavy atom. The molecule has 0 radical (unpaired) electrons. The molecular formula is C13H10BrFN2O3S. The lowest BCUT2D eigenvalue weighted by Crippen LogP contribution is -2.14. The fourth-order valence-electron chi connectivity index (χ4n) is 1.64. The number of halogens is 2. The highest BCUT2D eigenvalue weighted by Gasteiger charge is 2.14. The molecule has 2 aromatic rings. The Hall–Kier alpha value is -1.77. The highest BCUT2D eigenvalue weighted by Crippen LogP contribution is 2.24. The minimum Gasteiger partial charge on any atom is -0.322 e. The topological polar surface area (TPSA) is 89.3 Å². The molecule has 0 bridgehead atoms. The van der Waals surface area contributed by atoms with Gasteiger partial charge in [0.2, 0.25) is 10.0 Å². The molecule has 5 nitrogen and oxygen atoms in total. The van der Waals surface area contributed by atoms with E-state index in [1.165, 1.54) is 36.4 Å². The lowest BCUT2D eigenvalue weighted by Gasteiger charge is -2.08. The van der Waals surface area contributed by atoms with Crippen molar-refractivity contribution in [1.82, 2.24) is 0 Å². The first-order valence-corrected chi connectivity index (χ1v) is 8.00. The number of carbonyl (C=O) groups excluding carboxylic acids is 1. The number of anilines is 1. The number of primary sulfonamides is 1. The van der Waals surface area contributed by atoms with Crippen LogP contribution in [0, 0.1) is 5.82 Å². The number of nitrogens with one attached hydrogen (secondary N) is 1. The predicted octanol–water partition coefficient (Wildman–Crippen LogP) is 2.49. The molecule has 0 saturated heterocycles. The number of nitrogens with two attached hydrogens (primary N) is 1. The molecule has 0 aromatic heterocycles. The van der Waals surface area contributed by atoms with E-state index >= 15 is 0 Å². The summed E-state index contributed by atoms with van der Waals surface area (Å²) in [5.41, 5.74) is 0.505. The molecule has 0 aliphatic heterocycles. The van der Waals surface area contributed by atoms with E-state index in [0.717, 1.165) is 6.07 Å². The number of carbonyl (C=O) groups is 1. The Morgan fingerprint density at radius 3 is 2.48 bits per heavy atom. The molecule has 0 unspecified atom stereocenters. The van der Waals surface area contributed by atoms with E-state index in [0.29, 0.717) is 5.69 Å². The van der Waals surface area contributed by atoms with Crippen molar-refractivity contribution in [2.45, 2.75) is 4.90 Å². The van der Waals surface area contributed by atoms with Crippen LogP contribution < -0.4 is 10.5 Å². The van der Waals surface area contributed by atoms with Crippen molar-refractivity contribution in [3.8, 4) is 0 Å². The molecule has 2 aromatic carbocycles. The van der Waals surface area contributed by atoms with Gasteiger partial charge in [-0.25, -0.2) is 17.9 Å². The molecule has 1 amide bonds. The van der Waals surface area contributed by atoms with Gasteiger partial charge < -0.3 is 5.32 Å². The number of benzene rings is 2. The van der Waals surface area contributed by atoms with Crippen molar-refractivity contribution in [2.24, 2.45) is 5.14 Å². The molecule has 110 valence electrons. The number of hydrogen-bond donors (Lipinski definition) is 2. The average Bonchev–Trinajstić information content (AvgIpc) is 2.37. The molecule has 8 heteroatoms. The molecule has 21 heavy (non-hydrogen) atoms. The van der Waals surface area contributed by atoms with Crippen LogP contribution in [0.5, 0.6) is 0 Å².